The third kappa shape index (κ3) is 3.42. The standard InChI is InChI=1S/C16H14F3N5O/c17-16(18,19)11-2-1-9(7-20)5-13(11)24-4-3-10(8-24)12-6-14(25)23-15(21)22-12/h1-2,5-6,10H,3-4,8H2,(H3,21,22,23,25). The molecule has 1 saturated heterocycles. The highest BCUT2D eigenvalue weighted by Crippen LogP contribution is 2.40. The molecule has 6 nitrogen and oxygen atoms in total. The van der Waals surface area contributed by atoms with Crippen LogP contribution in [0, 0.1) is 11.3 Å². The number of hydrogen-bond donors (Lipinski definition) is 2. The van der Waals surface area contributed by atoms with Crippen molar-refractivity contribution in [2.75, 3.05) is 23.7 Å². The molecule has 1 fully saturated rings. The van der Waals surface area contributed by atoms with E-state index in [9.17, 15) is 18.0 Å². The summed E-state index contributed by atoms with van der Waals surface area (Å²) in [6.07, 6.45) is -3.99. The first-order valence-electron chi connectivity index (χ1n) is 7.51. The van der Waals surface area contributed by atoms with Crippen LogP contribution in [0.3, 0.4) is 0 Å². The first-order valence-corrected chi connectivity index (χ1v) is 7.51. The summed E-state index contributed by atoms with van der Waals surface area (Å²) in [6.45, 7) is 0.616. The van der Waals surface area contributed by atoms with Crippen LogP contribution >= 0.6 is 0 Å². The summed E-state index contributed by atoms with van der Waals surface area (Å²) in [7, 11) is 0. The highest BCUT2D eigenvalue weighted by atomic mass is 19.4. The molecule has 25 heavy (non-hydrogen) atoms. The molecule has 9 heteroatoms. The Morgan fingerprint density at radius 2 is 2.12 bits per heavy atom. The number of hydrogen-bond acceptors (Lipinski definition) is 5. The zero-order chi connectivity index (χ0) is 18.2. The van der Waals surface area contributed by atoms with Gasteiger partial charge < -0.3 is 10.6 Å². The highest BCUT2D eigenvalue weighted by Gasteiger charge is 2.37. The Bertz CT molecular complexity index is 900. The molecule has 130 valence electrons. The van der Waals surface area contributed by atoms with E-state index in [0.29, 0.717) is 18.7 Å². The number of nitrogens with zero attached hydrogens (tertiary/aromatic N) is 3. The van der Waals surface area contributed by atoms with E-state index >= 15 is 0 Å². The maximum absolute atomic E-state index is 13.3. The van der Waals surface area contributed by atoms with Crippen molar-refractivity contribution in [1.29, 1.82) is 5.26 Å². The molecule has 1 unspecified atom stereocenters. The SMILES string of the molecule is N#Cc1ccc(C(F)(F)F)c(N2CCC(c3cc(=O)[nH]c(N)n3)C2)c1. The molecule has 0 saturated carbocycles. The fourth-order valence-electron chi connectivity index (χ4n) is 3.03. The van der Waals surface area contributed by atoms with Gasteiger partial charge in [0.1, 0.15) is 0 Å². The zero-order valence-corrected chi connectivity index (χ0v) is 13.0. The number of nitriles is 1. The molecule has 0 amide bonds. The Morgan fingerprint density at radius 1 is 1.36 bits per heavy atom. The van der Waals surface area contributed by atoms with Crippen LogP contribution in [0.4, 0.5) is 24.8 Å². The van der Waals surface area contributed by atoms with Gasteiger partial charge in [0.25, 0.3) is 5.56 Å². The predicted molar refractivity (Wildman–Crippen MR) is 85.0 cm³/mol. The van der Waals surface area contributed by atoms with Crippen LogP contribution in [-0.4, -0.2) is 23.1 Å². The van der Waals surface area contributed by atoms with Gasteiger partial charge in [0.05, 0.1) is 28.6 Å². The van der Waals surface area contributed by atoms with Gasteiger partial charge in [0.15, 0.2) is 0 Å². The minimum absolute atomic E-state index is 0.0246. The Hall–Kier alpha value is -3.02. The van der Waals surface area contributed by atoms with Gasteiger partial charge in [-0.3, -0.25) is 9.78 Å². The predicted octanol–water partition coefficient (Wildman–Crippen LogP) is 2.24. The number of rotatable bonds is 2. The lowest BCUT2D eigenvalue weighted by Crippen LogP contribution is -2.24. The minimum atomic E-state index is -4.52. The topological polar surface area (TPSA) is 98.8 Å². The second kappa shape index (κ2) is 6.12. The van der Waals surface area contributed by atoms with Crippen molar-refractivity contribution in [3.63, 3.8) is 0 Å². The molecule has 1 aromatic heterocycles. The van der Waals surface area contributed by atoms with E-state index in [1.807, 2.05) is 6.07 Å². The first kappa shape index (κ1) is 16.8. The van der Waals surface area contributed by atoms with Crippen molar-refractivity contribution in [1.82, 2.24) is 9.97 Å². The third-order valence-electron chi connectivity index (χ3n) is 4.16. The molecule has 3 N–H and O–H groups in total. The zero-order valence-electron chi connectivity index (χ0n) is 13.0. The summed E-state index contributed by atoms with van der Waals surface area (Å²) in [4.78, 5) is 19.5. The molecular formula is C16H14F3N5O. The summed E-state index contributed by atoms with van der Waals surface area (Å²) < 4.78 is 39.8. The van der Waals surface area contributed by atoms with Crippen molar-refractivity contribution in [3.8, 4) is 6.07 Å². The van der Waals surface area contributed by atoms with E-state index in [1.54, 1.807) is 4.90 Å². The Morgan fingerprint density at radius 3 is 2.76 bits per heavy atom. The summed E-state index contributed by atoms with van der Waals surface area (Å²) in [6, 6.07) is 6.48. The average Bonchev–Trinajstić information content (AvgIpc) is 3.02. The number of nitrogens with one attached hydrogen (secondary N) is 1. The second-order valence-corrected chi connectivity index (χ2v) is 5.83. The van der Waals surface area contributed by atoms with E-state index < -0.39 is 17.3 Å². The van der Waals surface area contributed by atoms with Crippen LogP contribution < -0.4 is 16.2 Å². The maximum Gasteiger partial charge on any atom is 0.418 e. The number of halogens is 3. The molecule has 1 aliphatic rings. The summed E-state index contributed by atoms with van der Waals surface area (Å²) in [5, 5.41) is 8.98. The van der Waals surface area contributed by atoms with Crippen LogP contribution in [0.15, 0.2) is 29.1 Å². The van der Waals surface area contributed by atoms with Crippen LogP contribution in [0.25, 0.3) is 0 Å². The molecule has 2 heterocycles. The smallest absolute Gasteiger partial charge is 0.370 e. The Balaban J connectivity index is 1.94. The fourth-order valence-corrected chi connectivity index (χ4v) is 3.03. The number of nitrogen functional groups attached to an aromatic ring is 1. The lowest BCUT2D eigenvalue weighted by molar-refractivity contribution is -0.137. The molecule has 2 aromatic rings. The Kier molecular flexibility index (Phi) is 4.12. The van der Waals surface area contributed by atoms with Gasteiger partial charge in [-0.2, -0.15) is 18.4 Å². The minimum Gasteiger partial charge on any atom is -0.370 e. The van der Waals surface area contributed by atoms with Gasteiger partial charge in [0, 0.05) is 25.1 Å². The molecular weight excluding hydrogens is 335 g/mol. The lowest BCUT2D eigenvalue weighted by Gasteiger charge is -2.23. The van der Waals surface area contributed by atoms with E-state index in [0.717, 1.165) is 12.1 Å². The van der Waals surface area contributed by atoms with E-state index in [1.165, 1.54) is 12.1 Å². The third-order valence-corrected chi connectivity index (χ3v) is 4.16. The van der Waals surface area contributed by atoms with Crippen molar-refractivity contribution >= 4 is 11.6 Å². The molecule has 1 aliphatic heterocycles. The van der Waals surface area contributed by atoms with Gasteiger partial charge in [-0.05, 0) is 24.6 Å². The summed E-state index contributed by atoms with van der Waals surface area (Å²) in [5.41, 5.74) is 4.92. The monoisotopic (exact) mass is 349 g/mol. The van der Waals surface area contributed by atoms with Crippen molar-refractivity contribution in [3.05, 3.63) is 51.4 Å². The van der Waals surface area contributed by atoms with Gasteiger partial charge in [0.2, 0.25) is 5.95 Å². The van der Waals surface area contributed by atoms with Crippen molar-refractivity contribution in [2.24, 2.45) is 0 Å². The lowest BCUT2D eigenvalue weighted by atomic mass is 10.0. The van der Waals surface area contributed by atoms with Crippen LogP contribution in [0.2, 0.25) is 0 Å². The van der Waals surface area contributed by atoms with Gasteiger partial charge in [-0.1, -0.05) is 0 Å². The van der Waals surface area contributed by atoms with Crippen LogP contribution in [-0.2, 0) is 6.18 Å². The number of H-pyrrole nitrogens is 1. The maximum atomic E-state index is 13.3. The molecule has 1 aromatic carbocycles. The molecule has 0 spiro atoms. The molecule has 0 bridgehead atoms. The summed E-state index contributed by atoms with van der Waals surface area (Å²) in [5.74, 6) is -0.236. The number of benzene rings is 1. The van der Waals surface area contributed by atoms with E-state index in [4.69, 9.17) is 11.0 Å². The van der Waals surface area contributed by atoms with Gasteiger partial charge in [-0.15, -0.1) is 0 Å². The Labute approximate surface area is 140 Å². The number of alkyl halides is 3. The van der Waals surface area contributed by atoms with Crippen molar-refractivity contribution < 1.29 is 13.2 Å². The van der Waals surface area contributed by atoms with E-state index in [2.05, 4.69) is 9.97 Å². The number of aromatic amines is 1. The number of nitrogens with two attached hydrogens (primary N) is 1. The quantitative estimate of drug-likeness (QED) is 0.866. The fraction of sp³-hybridized carbons (Fsp3) is 0.312. The van der Waals surface area contributed by atoms with E-state index in [-0.39, 0.29) is 29.7 Å². The van der Waals surface area contributed by atoms with Gasteiger partial charge >= 0.3 is 6.18 Å². The normalized spacial score (nSPS) is 17.5. The number of aromatic nitrogens is 2. The van der Waals surface area contributed by atoms with Crippen LogP contribution in [0.1, 0.15) is 29.2 Å². The highest BCUT2D eigenvalue weighted by molar-refractivity contribution is 5.60. The summed E-state index contributed by atoms with van der Waals surface area (Å²) >= 11 is 0. The van der Waals surface area contributed by atoms with Crippen molar-refractivity contribution in [2.45, 2.75) is 18.5 Å². The van der Waals surface area contributed by atoms with Gasteiger partial charge in [-0.25, -0.2) is 4.98 Å². The second-order valence-electron chi connectivity index (χ2n) is 5.83. The number of anilines is 2. The first-order chi connectivity index (χ1) is 11.8. The average molecular weight is 349 g/mol. The molecule has 3 rings (SSSR count). The van der Waals surface area contributed by atoms with Crippen LogP contribution in [0.5, 0.6) is 0 Å². The molecule has 0 aliphatic carbocycles. The molecule has 0 radical (unpaired) electrons. The largest absolute Gasteiger partial charge is 0.418 e. The molecule has 1 atom stereocenters.